The Morgan fingerprint density at radius 3 is 2.24 bits per heavy atom. The summed E-state index contributed by atoms with van der Waals surface area (Å²) in [5.74, 6) is -0.931. The van der Waals surface area contributed by atoms with Gasteiger partial charge in [-0.15, -0.1) is 0 Å². The molecule has 29 heavy (non-hydrogen) atoms. The zero-order chi connectivity index (χ0) is 20.3. The van der Waals surface area contributed by atoms with Crippen molar-refractivity contribution in [3.63, 3.8) is 0 Å². The van der Waals surface area contributed by atoms with Crippen molar-refractivity contribution in [3.8, 4) is 0 Å². The quantitative estimate of drug-likeness (QED) is 0.810. The first-order chi connectivity index (χ1) is 13.9. The molecule has 0 saturated heterocycles. The zero-order valence-corrected chi connectivity index (χ0v) is 16.3. The van der Waals surface area contributed by atoms with Crippen LogP contribution in [0.25, 0.3) is 0 Å². The number of pyridine rings is 1. The van der Waals surface area contributed by atoms with Gasteiger partial charge in [-0.25, -0.2) is 0 Å². The number of fused-ring (bicyclic) bond motifs is 1. The molecule has 0 bridgehead atoms. The number of benzene rings is 1. The van der Waals surface area contributed by atoms with Crippen molar-refractivity contribution in [1.82, 2.24) is 10.3 Å². The van der Waals surface area contributed by atoms with Crippen molar-refractivity contribution in [2.75, 3.05) is 0 Å². The average Bonchev–Trinajstić information content (AvgIpc) is 2.70. The molecule has 1 atom stereocenters. The summed E-state index contributed by atoms with van der Waals surface area (Å²) in [6, 6.07) is 10.5. The molecule has 1 aromatic carbocycles. The van der Waals surface area contributed by atoms with Gasteiger partial charge < -0.3 is 5.32 Å². The van der Waals surface area contributed by atoms with Crippen molar-refractivity contribution in [3.05, 3.63) is 88.0 Å². The molecule has 5 heteroatoms. The van der Waals surface area contributed by atoms with Crippen molar-refractivity contribution < 1.29 is 14.4 Å². The molecule has 144 valence electrons. The predicted octanol–water partition coefficient (Wildman–Crippen LogP) is 3.74. The maximum atomic E-state index is 13.5. The third kappa shape index (κ3) is 2.61. The van der Waals surface area contributed by atoms with Gasteiger partial charge in [0, 0.05) is 52.7 Å². The molecule has 0 spiro atoms. The van der Waals surface area contributed by atoms with E-state index in [0.29, 0.717) is 40.8 Å². The Balaban J connectivity index is 1.76. The van der Waals surface area contributed by atoms with Crippen molar-refractivity contribution in [2.45, 2.75) is 32.6 Å². The molecule has 1 N–H and O–H groups in total. The molecule has 2 aliphatic carbocycles. The number of hydrogen-bond acceptors (Lipinski definition) is 5. The number of dihydropyridines is 1. The number of carbonyl (C=O) groups excluding carboxylic acids is 3. The van der Waals surface area contributed by atoms with Crippen molar-refractivity contribution in [1.29, 1.82) is 0 Å². The smallest absolute Gasteiger partial charge is 0.210 e. The summed E-state index contributed by atoms with van der Waals surface area (Å²) in [7, 11) is 0. The van der Waals surface area contributed by atoms with Crippen LogP contribution in [-0.4, -0.2) is 22.3 Å². The summed E-state index contributed by atoms with van der Waals surface area (Å²) < 4.78 is 0. The van der Waals surface area contributed by atoms with Gasteiger partial charge in [0.15, 0.2) is 11.6 Å². The fraction of sp³-hybridized carbons (Fsp3) is 0.250. The van der Waals surface area contributed by atoms with Crippen LogP contribution < -0.4 is 5.32 Å². The number of hydrogen-bond donors (Lipinski definition) is 1. The minimum absolute atomic E-state index is 0.0243. The average molecular weight is 384 g/mol. The minimum atomic E-state index is -0.558. The van der Waals surface area contributed by atoms with Crippen LogP contribution >= 0.6 is 0 Å². The fourth-order valence-corrected chi connectivity index (χ4v) is 4.76. The molecule has 1 aliphatic heterocycles. The van der Waals surface area contributed by atoms with Crippen LogP contribution in [0.15, 0.2) is 71.3 Å². The molecule has 1 aromatic heterocycles. The topological polar surface area (TPSA) is 76.1 Å². The van der Waals surface area contributed by atoms with E-state index in [1.807, 2.05) is 26.0 Å². The van der Waals surface area contributed by atoms with Gasteiger partial charge in [-0.3, -0.25) is 19.4 Å². The van der Waals surface area contributed by atoms with Gasteiger partial charge in [-0.05, 0) is 29.5 Å². The molecular weight excluding hydrogens is 364 g/mol. The number of allylic oxidation sites excluding steroid dienone is 4. The number of carbonyl (C=O) groups is 3. The second kappa shape index (κ2) is 6.08. The zero-order valence-electron chi connectivity index (χ0n) is 16.3. The van der Waals surface area contributed by atoms with Crippen LogP contribution in [0.3, 0.4) is 0 Å². The summed E-state index contributed by atoms with van der Waals surface area (Å²) >= 11 is 0. The lowest BCUT2D eigenvalue weighted by Crippen LogP contribution is -2.42. The predicted molar refractivity (Wildman–Crippen MR) is 107 cm³/mol. The standard InChI is InChI=1S/C24H20N2O3/c1-24(2)11-16-19(17(27)12-24)18(13-7-9-25-10-8-13)20-21(26-16)23(29)15-6-4-3-5-14(15)22(20)28/h3-10,18,26H,11-12H2,1-2H3. The molecule has 3 aliphatic rings. The highest BCUT2D eigenvalue weighted by atomic mass is 16.1. The van der Waals surface area contributed by atoms with Crippen LogP contribution in [0, 0.1) is 5.41 Å². The highest BCUT2D eigenvalue weighted by molar-refractivity contribution is 6.28. The van der Waals surface area contributed by atoms with Crippen molar-refractivity contribution >= 4 is 17.3 Å². The molecule has 0 amide bonds. The van der Waals surface area contributed by atoms with Crippen LogP contribution in [0.2, 0.25) is 0 Å². The number of nitrogens with zero attached hydrogens (tertiary/aromatic N) is 1. The largest absolute Gasteiger partial charge is 0.355 e. The Morgan fingerprint density at radius 1 is 0.897 bits per heavy atom. The van der Waals surface area contributed by atoms with E-state index in [9.17, 15) is 14.4 Å². The Bertz CT molecular complexity index is 1160. The highest BCUT2D eigenvalue weighted by Crippen LogP contribution is 2.48. The van der Waals surface area contributed by atoms with Gasteiger partial charge in [0.1, 0.15) is 0 Å². The summed E-state index contributed by atoms with van der Waals surface area (Å²) in [5.41, 5.74) is 3.43. The molecule has 0 saturated carbocycles. The van der Waals surface area contributed by atoms with Gasteiger partial charge in [-0.2, -0.15) is 0 Å². The van der Waals surface area contributed by atoms with Crippen LogP contribution in [-0.2, 0) is 4.79 Å². The normalized spacial score (nSPS) is 22.7. The number of ketones is 3. The molecule has 2 heterocycles. The van der Waals surface area contributed by atoms with E-state index in [1.54, 1.807) is 36.7 Å². The van der Waals surface area contributed by atoms with Crippen LogP contribution in [0.4, 0.5) is 0 Å². The first-order valence-electron chi connectivity index (χ1n) is 9.73. The molecule has 0 fully saturated rings. The summed E-state index contributed by atoms with van der Waals surface area (Å²) in [5, 5.41) is 3.22. The van der Waals surface area contributed by atoms with Crippen LogP contribution in [0.5, 0.6) is 0 Å². The van der Waals surface area contributed by atoms with Gasteiger partial charge in [0.2, 0.25) is 5.78 Å². The SMILES string of the molecule is CC1(C)CC(=O)C2=C(C1)NC1=C(C(=O)c3ccccc3C1=O)C2c1ccncc1. The molecule has 5 nitrogen and oxygen atoms in total. The monoisotopic (exact) mass is 384 g/mol. The second-order valence-corrected chi connectivity index (χ2v) is 8.66. The fourth-order valence-electron chi connectivity index (χ4n) is 4.76. The van der Waals surface area contributed by atoms with Gasteiger partial charge in [0.25, 0.3) is 0 Å². The third-order valence-electron chi connectivity index (χ3n) is 5.97. The highest BCUT2D eigenvalue weighted by Gasteiger charge is 2.46. The number of nitrogens with one attached hydrogen (secondary N) is 1. The summed E-state index contributed by atoms with van der Waals surface area (Å²) in [6.45, 7) is 4.09. The first kappa shape index (κ1) is 17.7. The van der Waals surface area contributed by atoms with E-state index in [-0.39, 0.29) is 22.8 Å². The van der Waals surface area contributed by atoms with E-state index >= 15 is 0 Å². The van der Waals surface area contributed by atoms with E-state index in [1.165, 1.54) is 0 Å². The third-order valence-corrected chi connectivity index (χ3v) is 5.97. The van der Waals surface area contributed by atoms with Gasteiger partial charge in [-0.1, -0.05) is 38.1 Å². The van der Waals surface area contributed by atoms with Gasteiger partial charge in [0.05, 0.1) is 5.70 Å². The van der Waals surface area contributed by atoms with E-state index in [4.69, 9.17) is 0 Å². The summed E-state index contributed by atoms with van der Waals surface area (Å²) in [6.07, 6.45) is 4.36. The Hall–Kier alpha value is -3.34. The minimum Gasteiger partial charge on any atom is -0.355 e. The maximum absolute atomic E-state index is 13.5. The van der Waals surface area contributed by atoms with E-state index in [0.717, 1.165) is 11.3 Å². The number of aromatic nitrogens is 1. The maximum Gasteiger partial charge on any atom is 0.210 e. The first-order valence-corrected chi connectivity index (χ1v) is 9.73. The summed E-state index contributed by atoms with van der Waals surface area (Å²) in [4.78, 5) is 44.1. The Labute approximate surface area is 168 Å². The number of Topliss-reactive ketones (excluding diaryl/α,β-unsaturated/α-hetero) is 3. The molecule has 1 unspecified atom stereocenters. The molecule has 5 rings (SSSR count). The molecule has 2 aromatic rings. The lowest BCUT2D eigenvalue weighted by molar-refractivity contribution is -0.118. The van der Waals surface area contributed by atoms with Crippen molar-refractivity contribution in [2.24, 2.45) is 5.41 Å². The van der Waals surface area contributed by atoms with E-state index in [2.05, 4.69) is 10.3 Å². The van der Waals surface area contributed by atoms with Gasteiger partial charge >= 0.3 is 0 Å². The molecular formula is C24H20N2O3. The second-order valence-electron chi connectivity index (χ2n) is 8.66. The Morgan fingerprint density at radius 2 is 1.55 bits per heavy atom. The van der Waals surface area contributed by atoms with Crippen LogP contribution in [0.1, 0.15) is 58.9 Å². The lowest BCUT2D eigenvalue weighted by Gasteiger charge is -2.41. The Kier molecular flexibility index (Phi) is 3.72. The van der Waals surface area contributed by atoms with E-state index < -0.39 is 5.92 Å². The molecule has 0 radical (unpaired) electrons. The number of rotatable bonds is 1. The lowest BCUT2D eigenvalue weighted by atomic mass is 9.66.